The highest BCUT2D eigenvalue weighted by atomic mass is 127. The molecular weight excluding hydrogens is 451 g/mol. The Kier molecular flexibility index (Phi) is 10.3. The number of nitrogens with one attached hydrogen (secondary N) is 2. The lowest BCUT2D eigenvalue weighted by Crippen LogP contribution is -2.40. The maximum atomic E-state index is 5.40. The lowest BCUT2D eigenvalue weighted by atomic mass is 9.89. The van der Waals surface area contributed by atoms with E-state index in [-0.39, 0.29) is 24.0 Å². The van der Waals surface area contributed by atoms with E-state index in [1.807, 2.05) is 30.5 Å². The van der Waals surface area contributed by atoms with E-state index in [2.05, 4.69) is 21.7 Å². The summed E-state index contributed by atoms with van der Waals surface area (Å²) in [5.41, 5.74) is 1.10. The van der Waals surface area contributed by atoms with Gasteiger partial charge in [-0.1, -0.05) is 25.3 Å². The molecule has 5 nitrogen and oxygen atoms in total. The number of aromatic nitrogens is 1. The molecule has 0 bridgehead atoms. The van der Waals surface area contributed by atoms with Crippen LogP contribution in [0.4, 0.5) is 0 Å². The molecule has 1 saturated carbocycles. The Morgan fingerprint density at radius 2 is 1.85 bits per heavy atom. The van der Waals surface area contributed by atoms with E-state index in [0.717, 1.165) is 55.8 Å². The smallest absolute Gasteiger partial charge is 0.191 e. The van der Waals surface area contributed by atoms with Crippen molar-refractivity contribution >= 4 is 29.9 Å². The molecule has 1 fully saturated rings. The van der Waals surface area contributed by atoms with Crippen molar-refractivity contribution in [3.8, 4) is 0 Å². The molecule has 2 N–H and O–H groups in total. The number of pyridine rings is 1. The molecule has 2 aromatic heterocycles. The number of guanidine groups is 1. The highest BCUT2D eigenvalue weighted by Gasteiger charge is 2.13. The molecule has 3 rings (SSSR count). The Bertz CT molecular complexity index is 639. The summed E-state index contributed by atoms with van der Waals surface area (Å²) in [6.45, 7) is 2.56. The van der Waals surface area contributed by atoms with Crippen molar-refractivity contribution in [2.24, 2.45) is 10.9 Å². The molecule has 0 amide bonds. The number of furan rings is 1. The standard InChI is InChI=1S/C21H30N4O.HI/c1-2-7-18(8-3-1)17-25-21(24-15-12-20-10-6-16-26-20)23-14-11-19-9-4-5-13-22-19;/h4-6,9-10,13,16,18H,1-3,7-8,11-12,14-15,17H2,(H2,23,24,25);1H. The van der Waals surface area contributed by atoms with Crippen LogP contribution in [0.2, 0.25) is 0 Å². The van der Waals surface area contributed by atoms with Crippen molar-refractivity contribution in [2.75, 3.05) is 19.6 Å². The van der Waals surface area contributed by atoms with Crippen molar-refractivity contribution in [1.29, 1.82) is 0 Å². The first-order chi connectivity index (χ1) is 12.9. The Morgan fingerprint density at radius 3 is 2.56 bits per heavy atom. The van der Waals surface area contributed by atoms with E-state index in [0.29, 0.717) is 0 Å². The van der Waals surface area contributed by atoms with E-state index in [1.165, 1.54) is 32.1 Å². The average Bonchev–Trinajstić information content (AvgIpc) is 3.21. The first-order valence-electron chi connectivity index (χ1n) is 9.84. The monoisotopic (exact) mass is 482 g/mol. The summed E-state index contributed by atoms with van der Waals surface area (Å²) < 4.78 is 5.40. The van der Waals surface area contributed by atoms with Crippen LogP contribution in [0.25, 0.3) is 0 Å². The van der Waals surface area contributed by atoms with Crippen LogP contribution in [0.1, 0.15) is 43.6 Å². The first kappa shape index (κ1) is 21.7. The molecule has 6 heteroatoms. The van der Waals surface area contributed by atoms with E-state index >= 15 is 0 Å². The molecular formula is C21H31IN4O. The summed E-state index contributed by atoms with van der Waals surface area (Å²) >= 11 is 0. The number of halogens is 1. The predicted octanol–water partition coefficient (Wildman–Crippen LogP) is 4.19. The zero-order valence-electron chi connectivity index (χ0n) is 15.9. The lowest BCUT2D eigenvalue weighted by molar-refractivity contribution is 0.366. The number of aliphatic imine (C=N–C) groups is 1. The normalized spacial score (nSPS) is 15.2. The molecule has 2 heterocycles. The summed E-state index contributed by atoms with van der Waals surface area (Å²) in [5, 5.41) is 6.90. The van der Waals surface area contributed by atoms with Gasteiger partial charge in [0.2, 0.25) is 0 Å². The fourth-order valence-electron chi connectivity index (χ4n) is 3.38. The van der Waals surface area contributed by atoms with E-state index in [4.69, 9.17) is 9.41 Å². The van der Waals surface area contributed by atoms with Crippen LogP contribution in [0.3, 0.4) is 0 Å². The zero-order valence-corrected chi connectivity index (χ0v) is 18.2. The summed E-state index contributed by atoms with van der Waals surface area (Å²) in [6, 6.07) is 9.98. The molecule has 0 atom stereocenters. The second kappa shape index (κ2) is 12.8. The van der Waals surface area contributed by atoms with Crippen molar-refractivity contribution in [3.63, 3.8) is 0 Å². The minimum atomic E-state index is 0. The summed E-state index contributed by atoms with van der Waals surface area (Å²) in [7, 11) is 0. The topological polar surface area (TPSA) is 62.5 Å². The van der Waals surface area contributed by atoms with E-state index in [9.17, 15) is 0 Å². The Balaban J connectivity index is 0.00000261. The largest absolute Gasteiger partial charge is 0.469 e. The molecule has 1 aliphatic rings. The van der Waals surface area contributed by atoms with Crippen molar-refractivity contribution in [1.82, 2.24) is 15.6 Å². The number of nitrogens with zero attached hydrogens (tertiary/aromatic N) is 2. The molecule has 148 valence electrons. The van der Waals surface area contributed by atoms with Gasteiger partial charge in [0, 0.05) is 44.4 Å². The lowest BCUT2D eigenvalue weighted by Gasteiger charge is -2.20. The average molecular weight is 482 g/mol. The molecule has 0 aliphatic heterocycles. The van der Waals surface area contributed by atoms with Gasteiger partial charge in [0.25, 0.3) is 0 Å². The summed E-state index contributed by atoms with van der Waals surface area (Å²) in [4.78, 5) is 9.22. The van der Waals surface area contributed by atoms with Crippen molar-refractivity contribution in [2.45, 2.75) is 44.9 Å². The van der Waals surface area contributed by atoms with Gasteiger partial charge < -0.3 is 15.1 Å². The summed E-state index contributed by atoms with van der Waals surface area (Å²) in [5.74, 6) is 2.64. The SMILES string of the molecule is I.c1ccc(CCNC(=NCC2CCCCC2)NCCc2ccco2)nc1. The molecule has 2 aromatic rings. The van der Waals surface area contributed by atoms with Crippen LogP contribution < -0.4 is 10.6 Å². The fourth-order valence-corrected chi connectivity index (χ4v) is 3.38. The third kappa shape index (κ3) is 8.32. The quantitative estimate of drug-likeness (QED) is 0.337. The molecule has 0 spiro atoms. The third-order valence-electron chi connectivity index (χ3n) is 4.88. The molecule has 0 unspecified atom stereocenters. The fraction of sp³-hybridized carbons (Fsp3) is 0.524. The van der Waals surface area contributed by atoms with Crippen LogP contribution in [0.5, 0.6) is 0 Å². The van der Waals surface area contributed by atoms with Gasteiger partial charge in [-0.05, 0) is 43.0 Å². The maximum Gasteiger partial charge on any atom is 0.191 e. The Morgan fingerprint density at radius 1 is 1.04 bits per heavy atom. The van der Waals surface area contributed by atoms with Crippen LogP contribution in [0, 0.1) is 5.92 Å². The highest BCUT2D eigenvalue weighted by Crippen LogP contribution is 2.23. The minimum Gasteiger partial charge on any atom is -0.469 e. The maximum absolute atomic E-state index is 5.40. The first-order valence-corrected chi connectivity index (χ1v) is 9.84. The second-order valence-electron chi connectivity index (χ2n) is 6.95. The minimum absolute atomic E-state index is 0. The van der Waals surface area contributed by atoms with Gasteiger partial charge in [-0.2, -0.15) is 0 Å². The van der Waals surface area contributed by atoms with Gasteiger partial charge >= 0.3 is 0 Å². The van der Waals surface area contributed by atoms with E-state index < -0.39 is 0 Å². The molecule has 0 radical (unpaired) electrons. The van der Waals surface area contributed by atoms with Gasteiger partial charge in [-0.25, -0.2) is 0 Å². The van der Waals surface area contributed by atoms with Crippen LogP contribution >= 0.6 is 24.0 Å². The summed E-state index contributed by atoms with van der Waals surface area (Å²) in [6.07, 6.45) is 12.0. The van der Waals surface area contributed by atoms with E-state index in [1.54, 1.807) is 6.26 Å². The highest BCUT2D eigenvalue weighted by molar-refractivity contribution is 14.0. The van der Waals surface area contributed by atoms with Gasteiger partial charge in [-0.3, -0.25) is 9.98 Å². The number of hydrogen-bond acceptors (Lipinski definition) is 3. The van der Waals surface area contributed by atoms with Crippen LogP contribution in [-0.4, -0.2) is 30.6 Å². The second-order valence-corrected chi connectivity index (χ2v) is 6.95. The Hall–Kier alpha value is -1.57. The van der Waals surface area contributed by atoms with Crippen LogP contribution in [0.15, 0.2) is 52.2 Å². The number of rotatable bonds is 8. The van der Waals surface area contributed by atoms with Gasteiger partial charge in [0.1, 0.15) is 5.76 Å². The third-order valence-corrected chi connectivity index (χ3v) is 4.88. The van der Waals surface area contributed by atoms with Gasteiger partial charge in [-0.15, -0.1) is 24.0 Å². The van der Waals surface area contributed by atoms with Gasteiger partial charge in [0.15, 0.2) is 5.96 Å². The zero-order chi connectivity index (χ0) is 17.9. The Labute approximate surface area is 179 Å². The number of hydrogen-bond donors (Lipinski definition) is 2. The molecule has 0 aromatic carbocycles. The molecule has 1 aliphatic carbocycles. The van der Waals surface area contributed by atoms with Crippen LogP contribution in [-0.2, 0) is 12.8 Å². The molecule has 27 heavy (non-hydrogen) atoms. The van der Waals surface area contributed by atoms with Crippen molar-refractivity contribution in [3.05, 3.63) is 54.2 Å². The van der Waals surface area contributed by atoms with Crippen molar-refractivity contribution < 1.29 is 4.42 Å². The molecule has 0 saturated heterocycles. The van der Waals surface area contributed by atoms with Gasteiger partial charge in [0.05, 0.1) is 6.26 Å². The predicted molar refractivity (Wildman–Crippen MR) is 121 cm³/mol.